The van der Waals surface area contributed by atoms with Gasteiger partial charge in [-0.25, -0.2) is 8.78 Å². The molecule has 0 radical (unpaired) electrons. The number of rotatable bonds is 5. The number of nitrogens with zero attached hydrogens (tertiary/aromatic N) is 1. The molecule has 6 nitrogen and oxygen atoms in total. The molecule has 0 aromatic heterocycles. The minimum absolute atomic E-state index is 0.249. The number of aliphatic hydroxyl groups excluding tert-OH is 2. The number of hydrogen-bond donors (Lipinski definition) is 3. The van der Waals surface area contributed by atoms with Gasteiger partial charge in [-0.3, -0.25) is 10.1 Å². The lowest BCUT2D eigenvalue weighted by atomic mass is 10.2. The number of aliphatic hydroxyl groups is 2. The zero-order valence-corrected chi connectivity index (χ0v) is 10.4. The second-order valence-electron chi connectivity index (χ2n) is 3.35. The van der Waals surface area contributed by atoms with E-state index < -0.39 is 39.4 Å². The Morgan fingerprint density at radius 3 is 2.67 bits per heavy atom. The van der Waals surface area contributed by atoms with Crippen LogP contribution in [0.1, 0.15) is 0 Å². The summed E-state index contributed by atoms with van der Waals surface area (Å²) in [5, 5.41) is 30.8. The lowest BCUT2D eigenvalue weighted by molar-refractivity contribution is -0.384. The molecule has 0 spiro atoms. The molecule has 0 heterocycles. The molecule has 100 valence electrons. The molecule has 0 fully saturated rings. The third kappa shape index (κ3) is 3.12. The third-order valence-corrected chi connectivity index (χ3v) is 2.81. The van der Waals surface area contributed by atoms with Crippen LogP contribution in [-0.2, 0) is 0 Å². The Morgan fingerprint density at radius 2 is 2.17 bits per heavy atom. The fraction of sp³-hybridized carbons (Fsp3) is 0.333. The van der Waals surface area contributed by atoms with Gasteiger partial charge in [0.15, 0.2) is 11.6 Å². The second kappa shape index (κ2) is 6.03. The van der Waals surface area contributed by atoms with Gasteiger partial charge in [0.25, 0.3) is 5.69 Å². The predicted octanol–water partition coefficient (Wildman–Crippen LogP) is 1.40. The fourth-order valence-corrected chi connectivity index (χ4v) is 1.71. The lowest BCUT2D eigenvalue weighted by Crippen LogP contribution is -2.23. The summed E-state index contributed by atoms with van der Waals surface area (Å²) in [6.45, 7) is -0.816. The highest BCUT2D eigenvalue weighted by Gasteiger charge is 2.24. The topological polar surface area (TPSA) is 95.6 Å². The molecule has 9 heteroatoms. The summed E-state index contributed by atoms with van der Waals surface area (Å²) in [4.78, 5) is 9.81. The zero-order chi connectivity index (χ0) is 13.9. The Balaban J connectivity index is 3.15. The molecule has 18 heavy (non-hydrogen) atoms. The number of benzene rings is 1. The average Bonchev–Trinajstić information content (AvgIpc) is 2.33. The Labute approximate surface area is 109 Å². The Kier molecular flexibility index (Phi) is 4.93. The van der Waals surface area contributed by atoms with Crippen molar-refractivity contribution in [1.29, 1.82) is 0 Å². The van der Waals surface area contributed by atoms with E-state index in [1.807, 2.05) is 0 Å². The van der Waals surface area contributed by atoms with E-state index in [1.165, 1.54) is 0 Å². The fourth-order valence-electron chi connectivity index (χ4n) is 1.18. The Bertz CT molecular complexity index is 472. The van der Waals surface area contributed by atoms with Crippen molar-refractivity contribution in [3.8, 4) is 0 Å². The highest BCUT2D eigenvalue weighted by atomic mass is 79.9. The molecule has 0 aliphatic heterocycles. The van der Waals surface area contributed by atoms with Crippen molar-refractivity contribution in [2.45, 2.75) is 6.10 Å². The van der Waals surface area contributed by atoms with Crippen LogP contribution in [0.2, 0.25) is 0 Å². The van der Waals surface area contributed by atoms with E-state index >= 15 is 0 Å². The van der Waals surface area contributed by atoms with Crippen molar-refractivity contribution in [3.63, 3.8) is 0 Å². The maximum Gasteiger partial charge on any atom is 0.296 e. The molecule has 0 aliphatic rings. The average molecular weight is 327 g/mol. The second-order valence-corrected chi connectivity index (χ2v) is 4.15. The summed E-state index contributed by atoms with van der Waals surface area (Å²) in [5.41, 5.74) is -0.975. The van der Waals surface area contributed by atoms with Crippen molar-refractivity contribution in [1.82, 2.24) is 0 Å². The molecule has 1 aromatic carbocycles. The van der Waals surface area contributed by atoms with E-state index in [0.717, 1.165) is 0 Å². The first-order valence-electron chi connectivity index (χ1n) is 4.73. The zero-order valence-electron chi connectivity index (χ0n) is 8.86. The summed E-state index contributed by atoms with van der Waals surface area (Å²) in [6, 6.07) is 0.438. The van der Waals surface area contributed by atoms with Crippen LogP contribution in [0, 0.1) is 21.7 Å². The van der Waals surface area contributed by atoms with E-state index in [2.05, 4.69) is 21.2 Å². The van der Waals surface area contributed by atoms with E-state index in [4.69, 9.17) is 10.2 Å². The highest BCUT2D eigenvalue weighted by Crippen LogP contribution is 2.36. The molecule has 0 amide bonds. The minimum Gasteiger partial charge on any atom is -0.394 e. The first-order valence-corrected chi connectivity index (χ1v) is 5.52. The SMILES string of the molecule is O=[N+]([O-])c1cc(F)c(F)c(Br)c1NCC(O)CO. The Morgan fingerprint density at radius 1 is 1.56 bits per heavy atom. The number of hydrogen-bond acceptors (Lipinski definition) is 5. The van der Waals surface area contributed by atoms with Gasteiger partial charge < -0.3 is 15.5 Å². The van der Waals surface area contributed by atoms with Crippen molar-refractivity contribution in [2.75, 3.05) is 18.5 Å². The van der Waals surface area contributed by atoms with Crippen LogP contribution in [0.5, 0.6) is 0 Å². The molecule has 0 aliphatic carbocycles. The van der Waals surface area contributed by atoms with E-state index in [1.54, 1.807) is 0 Å². The van der Waals surface area contributed by atoms with E-state index in [0.29, 0.717) is 6.07 Å². The normalized spacial score (nSPS) is 12.3. The number of nitro groups is 1. The lowest BCUT2D eigenvalue weighted by Gasteiger charge is -2.12. The van der Waals surface area contributed by atoms with Crippen molar-refractivity contribution >= 4 is 27.3 Å². The van der Waals surface area contributed by atoms with Crippen LogP contribution in [0.25, 0.3) is 0 Å². The maximum atomic E-state index is 13.2. The standard InChI is InChI=1S/C9H9BrF2N2O4/c10-7-8(12)5(11)1-6(14(17)18)9(7)13-2-4(16)3-15/h1,4,13,15-16H,2-3H2. The number of halogens is 3. The summed E-state index contributed by atoms with van der Waals surface area (Å²) in [6.07, 6.45) is -1.18. The summed E-state index contributed by atoms with van der Waals surface area (Å²) < 4.78 is 25.8. The largest absolute Gasteiger partial charge is 0.394 e. The molecule has 0 saturated heterocycles. The van der Waals surface area contributed by atoms with Crippen molar-refractivity contribution in [2.24, 2.45) is 0 Å². The van der Waals surface area contributed by atoms with Crippen LogP contribution in [-0.4, -0.2) is 34.4 Å². The van der Waals surface area contributed by atoms with E-state index in [9.17, 15) is 18.9 Å². The number of nitro benzene ring substituents is 1. The summed E-state index contributed by atoms with van der Waals surface area (Å²) >= 11 is 2.70. The summed E-state index contributed by atoms with van der Waals surface area (Å²) in [7, 11) is 0. The van der Waals surface area contributed by atoms with Crippen LogP contribution >= 0.6 is 15.9 Å². The van der Waals surface area contributed by atoms with Crippen LogP contribution in [0.15, 0.2) is 10.5 Å². The molecule has 3 N–H and O–H groups in total. The molecule has 1 aromatic rings. The minimum atomic E-state index is -1.36. The van der Waals surface area contributed by atoms with Gasteiger partial charge in [-0.1, -0.05) is 0 Å². The van der Waals surface area contributed by atoms with Gasteiger partial charge >= 0.3 is 0 Å². The smallest absolute Gasteiger partial charge is 0.296 e. The van der Waals surface area contributed by atoms with Gasteiger partial charge in [0, 0.05) is 6.54 Å². The van der Waals surface area contributed by atoms with Crippen LogP contribution in [0.3, 0.4) is 0 Å². The van der Waals surface area contributed by atoms with Gasteiger partial charge in [-0.2, -0.15) is 0 Å². The van der Waals surface area contributed by atoms with Gasteiger partial charge in [0.2, 0.25) is 0 Å². The molecule has 0 saturated carbocycles. The Hall–Kier alpha value is -1.32. The van der Waals surface area contributed by atoms with Gasteiger partial charge in [0.05, 0.1) is 28.2 Å². The molecule has 1 unspecified atom stereocenters. The quantitative estimate of drug-likeness (QED) is 0.432. The molecule has 1 atom stereocenters. The highest BCUT2D eigenvalue weighted by molar-refractivity contribution is 9.10. The molecular formula is C9H9BrF2N2O4. The first-order chi connectivity index (χ1) is 8.38. The molecule has 1 rings (SSSR count). The maximum absolute atomic E-state index is 13.2. The van der Waals surface area contributed by atoms with Crippen LogP contribution < -0.4 is 5.32 Å². The molecular weight excluding hydrogens is 318 g/mol. The van der Waals surface area contributed by atoms with Crippen molar-refractivity contribution < 1.29 is 23.9 Å². The van der Waals surface area contributed by atoms with E-state index in [-0.39, 0.29) is 12.2 Å². The predicted molar refractivity (Wildman–Crippen MR) is 62.3 cm³/mol. The number of anilines is 1. The monoisotopic (exact) mass is 326 g/mol. The van der Waals surface area contributed by atoms with Crippen LogP contribution in [0.4, 0.5) is 20.2 Å². The van der Waals surface area contributed by atoms with Crippen molar-refractivity contribution in [3.05, 3.63) is 32.3 Å². The van der Waals surface area contributed by atoms with Gasteiger partial charge in [0.1, 0.15) is 5.69 Å². The molecule has 0 bridgehead atoms. The van der Waals surface area contributed by atoms with Gasteiger partial charge in [-0.15, -0.1) is 0 Å². The number of nitrogens with one attached hydrogen (secondary N) is 1. The first kappa shape index (κ1) is 14.7. The summed E-state index contributed by atoms with van der Waals surface area (Å²) in [5.74, 6) is -2.64. The van der Waals surface area contributed by atoms with Gasteiger partial charge in [-0.05, 0) is 15.9 Å². The third-order valence-electron chi connectivity index (χ3n) is 2.06.